The summed E-state index contributed by atoms with van der Waals surface area (Å²) in [6.45, 7) is 0. The lowest BCUT2D eigenvalue weighted by Gasteiger charge is -2.21. The first-order valence-corrected chi connectivity index (χ1v) is 46.3. The van der Waals surface area contributed by atoms with Crippen molar-refractivity contribution < 1.29 is 0 Å². The lowest BCUT2D eigenvalue weighted by molar-refractivity contribution is 1.06. The Kier molecular flexibility index (Phi) is 21.1. The van der Waals surface area contributed by atoms with Crippen molar-refractivity contribution in [1.82, 2.24) is 83.9 Å². The quantitative estimate of drug-likeness (QED) is 0.0696. The zero-order chi connectivity index (χ0) is 92.8. The largest absolute Gasteiger partial charge is 0.309 e. The van der Waals surface area contributed by atoms with E-state index in [0.717, 1.165) is 166 Å². The number of hydrogen-bond acceptors (Lipinski definition) is 15. The zero-order valence-corrected chi connectivity index (χ0v) is 75.1. The molecule has 0 saturated carbocycles. The summed E-state index contributed by atoms with van der Waals surface area (Å²) in [5.74, 6) is 7.66. The van der Waals surface area contributed by atoms with E-state index in [9.17, 15) is 0 Å². The highest BCUT2D eigenvalue weighted by molar-refractivity contribution is 6.14. The Morgan fingerprint density at radius 2 is 0.300 bits per heavy atom. The molecule has 0 aliphatic rings. The maximum atomic E-state index is 5.83. The van der Waals surface area contributed by atoms with Crippen LogP contribution in [0.1, 0.15) is 0 Å². The predicted molar refractivity (Wildman–Crippen MR) is 560 cm³/mol. The SMILES string of the molecule is c1ccc(-c2ccc(-c3ccc(-n4c5ccc(-c6nc(-c7ccccc7)nc(-c7ccccc7)n6)cc5c5cc(-c6nc(-c7ccccc7)nc(-c7ccccc7)n6)ccc54)c(-c4cccc(-n5c6ccc(-c7nc(-c8ccccc8)nc(-c8ccccc8)n7)cc6c6cc(-c7nc(-c8ccccc8)nc(-c8ccccc8)n7)ccc65)c4-c4nc(-c5ccccc5)nc(-c5ccccc5)n4)c3)cc2)cc1. The van der Waals surface area contributed by atoms with E-state index in [-0.39, 0.29) is 0 Å². The van der Waals surface area contributed by atoms with E-state index in [1.165, 1.54) is 0 Å². The minimum Gasteiger partial charge on any atom is -0.309 e. The van der Waals surface area contributed by atoms with Crippen molar-refractivity contribution in [1.29, 1.82) is 0 Å². The van der Waals surface area contributed by atoms with Crippen LogP contribution < -0.4 is 0 Å². The summed E-state index contributed by atoms with van der Waals surface area (Å²) >= 11 is 0. The average Bonchev–Trinajstić information content (AvgIpc) is 1.59. The molecule has 25 rings (SSSR count). The summed E-state index contributed by atoms with van der Waals surface area (Å²) in [6, 6.07) is 160. The minimum absolute atomic E-state index is 0.412. The molecule has 654 valence electrons. The highest BCUT2D eigenvalue weighted by Crippen LogP contribution is 2.49. The normalized spacial score (nSPS) is 11.4. The fraction of sp³-hybridized carbons (Fsp3) is 0. The average molecular weight is 1790 g/mol. The molecule has 7 heterocycles. The lowest BCUT2D eigenvalue weighted by Crippen LogP contribution is -2.06. The van der Waals surface area contributed by atoms with Gasteiger partial charge in [0.05, 0.1) is 39.0 Å². The second kappa shape index (κ2) is 35.9. The van der Waals surface area contributed by atoms with Gasteiger partial charge in [-0.1, -0.05) is 376 Å². The number of hydrogen-bond donors (Lipinski definition) is 0. The third-order valence-electron chi connectivity index (χ3n) is 25.4. The van der Waals surface area contributed by atoms with E-state index < -0.39 is 0 Å². The Bertz CT molecular complexity index is 8330. The summed E-state index contributed by atoms with van der Waals surface area (Å²) in [6.07, 6.45) is 0. The molecule has 7 aromatic heterocycles. The molecule has 0 amide bonds. The van der Waals surface area contributed by atoms with Gasteiger partial charge in [0, 0.05) is 105 Å². The number of fused-ring (bicyclic) bond motifs is 6. The van der Waals surface area contributed by atoms with Crippen LogP contribution in [0.2, 0.25) is 0 Å². The molecular weight excluding hydrogens is 1720 g/mol. The topological polar surface area (TPSA) is 203 Å². The van der Waals surface area contributed by atoms with Crippen LogP contribution in [0.4, 0.5) is 0 Å². The van der Waals surface area contributed by atoms with Crippen LogP contribution in [0.3, 0.4) is 0 Å². The van der Waals surface area contributed by atoms with Gasteiger partial charge >= 0.3 is 0 Å². The lowest BCUT2D eigenvalue weighted by atomic mass is 9.92. The van der Waals surface area contributed by atoms with E-state index in [1.54, 1.807) is 0 Å². The molecule has 0 atom stereocenters. The third-order valence-corrected chi connectivity index (χ3v) is 25.4. The van der Waals surface area contributed by atoms with Gasteiger partial charge in [0.2, 0.25) is 0 Å². The number of aromatic nitrogens is 17. The molecule has 17 heteroatoms. The molecule has 17 nitrogen and oxygen atoms in total. The summed E-state index contributed by atoms with van der Waals surface area (Å²) in [5, 5.41) is 3.56. The van der Waals surface area contributed by atoms with Gasteiger partial charge < -0.3 is 9.13 Å². The molecule has 0 N–H and O–H groups in total. The molecule has 25 aromatic rings. The predicted octanol–water partition coefficient (Wildman–Crippen LogP) is 28.8. The maximum Gasteiger partial charge on any atom is 0.166 e. The summed E-state index contributed by atoms with van der Waals surface area (Å²) < 4.78 is 4.75. The first kappa shape index (κ1) is 82.5. The molecule has 0 saturated heterocycles. The minimum atomic E-state index is 0.412. The fourth-order valence-electron chi connectivity index (χ4n) is 18.6. The van der Waals surface area contributed by atoms with Crippen LogP contribution in [-0.4, -0.2) is 83.9 Å². The highest BCUT2D eigenvalue weighted by Gasteiger charge is 2.30. The van der Waals surface area contributed by atoms with Crippen molar-refractivity contribution in [2.45, 2.75) is 0 Å². The van der Waals surface area contributed by atoms with Gasteiger partial charge in [-0.25, -0.2) is 74.8 Å². The van der Waals surface area contributed by atoms with Gasteiger partial charge in [-0.3, -0.25) is 0 Å². The summed E-state index contributed by atoms with van der Waals surface area (Å²) in [5.41, 5.74) is 23.1. The van der Waals surface area contributed by atoms with Crippen LogP contribution in [0, 0.1) is 0 Å². The van der Waals surface area contributed by atoms with E-state index in [0.29, 0.717) is 92.9 Å². The van der Waals surface area contributed by atoms with Crippen molar-refractivity contribution in [3.8, 4) is 216 Å². The van der Waals surface area contributed by atoms with Crippen molar-refractivity contribution in [2.24, 2.45) is 0 Å². The van der Waals surface area contributed by atoms with Gasteiger partial charge in [0.25, 0.3) is 0 Å². The molecule has 0 radical (unpaired) electrons. The molecule has 18 aromatic carbocycles. The smallest absolute Gasteiger partial charge is 0.166 e. The van der Waals surface area contributed by atoms with Crippen LogP contribution in [-0.2, 0) is 0 Å². The summed E-state index contributed by atoms with van der Waals surface area (Å²) in [7, 11) is 0. The van der Waals surface area contributed by atoms with Crippen LogP contribution >= 0.6 is 0 Å². The Morgan fingerprint density at radius 1 is 0.114 bits per heavy atom. The molecule has 0 aliphatic carbocycles. The molecule has 0 spiro atoms. The van der Waals surface area contributed by atoms with E-state index in [2.05, 4.69) is 197 Å². The van der Waals surface area contributed by atoms with Gasteiger partial charge in [0.15, 0.2) is 87.4 Å². The van der Waals surface area contributed by atoms with Crippen molar-refractivity contribution in [3.05, 3.63) is 467 Å². The van der Waals surface area contributed by atoms with Gasteiger partial charge in [-0.2, -0.15) is 0 Å². The van der Waals surface area contributed by atoms with Gasteiger partial charge in [-0.05, 0) is 119 Å². The van der Waals surface area contributed by atoms with Crippen LogP contribution in [0.5, 0.6) is 0 Å². The number of nitrogens with zero attached hydrogens (tertiary/aromatic N) is 17. The molecule has 0 fully saturated rings. The molecule has 0 unspecified atom stereocenters. The Labute approximate surface area is 804 Å². The third kappa shape index (κ3) is 15.9. The fourth-order valence-corrected chi connectivity index (χ4v) is 18.6. The standard InChI is InChI=1S/C123H77N17/c1-12-35-78(36-13-1)79-59-61-80(62-60-79)91-63-68-102(139-103-69-64-92(119-129-109(81-37-14-2-15-38-81)124-110(130-119)82-39-16-3-17-40-82)74-98(103)99-75-93(65-70-104(99)139)120-131-111(83-41-18-4-19-42-83)125-112(132-120)84-43-20-5-21-44-84)97(73-91)96-57-34-58-107(108(96)123-137-117(89-53-30-10-31-54-89)128-118(138-123)90-55-32-11-33-56-90)140-105-71-66-94(121-133-113(85-45-22-6-23-46-85)126-114(134-121)86-47-24-7-25-48-86)76-100(105)101-77-95(67-72-106(101)140)122-135-115(87-49-26-8-27-50-87)127-116(136-122)88-51-28-9-29-52-88/h1-77H. The molecule has 0 aliphatic heterocycles. The van der Waals surface area contributed by atoms with Gasteiger partial charge in [0.1, 0.15) is 0 Å². The Balaban J connectivity index is 0.782. The second-order valence-corrected chi connectivity index (χ2v) is 34.2. The molecule has 140 heavy (non-hydrogen) atoms. The van der Waals surface area contributed by atoms with Crippen molar-refractivity contribution in [2.75, 3.05) is 0 Å². The van der Waals surface area contributed by atoms with Crippen molar-refractivity contribution >= 4 is 43.6 Å². The second-order valence-electron chi connectivity index (χ2n) is 34.2. The first-order chi connectivity index (χ1) is 69.3. The molecule has 0 bridgehead atoms. The first-order valence-electron chi connectivity index (χ1n) is 46.3. The van der Waals surface area contributed by atoms with Crippen molar-refractivity contribution in [3.63, 3.8) is 0 Å². The van der Waals surface area contributed by atoms with Crippen LogP contribution in [0.15, 0.2) is 467 Å². The monoisotopic (exact) mass is 1790 g/mol. The number of rotatable bonds is 20. The summed E-state index contributed by atoms with van der Waals surface area (Å²) in [4.78, 5) is 80.7. The van der Waals surface area contributed by atoms with Gasteiger partial charge in [-0.15, -0.1) is 0 Å². The van der Waals surface area contributed by atoms with E-state index in [1.807, 2.05) is 279 Å². The highest BCUT2D eigenvalue weighted by atomic mass is 15.1. The molecular formula is C123H77N17. The maximum absolute atomic E-state index is 5.83. The van der Waals surface area contributed by atoms with E-state index >= 15 is 0 Å². The zero-order valence-electron chi connectivity index (χ0n) is 75.1. The Morgan fingerprint density at radius 3 is 0.543 bits per heavy atom. The van der Waals surface area contributed by atoms with E-state index in [4.69, 9.17) is 74.8 Å². The van der Waals surface area contributed by atoms with Crippen LogP contribution in [0.25, 0.3) is 259 Å². The number of benzene rings is 18. The Hall–Kier alpha value is -19.4.